The van der Waals surface area contributed by atoms with Crippen molar-refractivity contribution in [2.24, 2.45) is 5.41 Å². The quantitative estimate of drug-likeness (QED) is 0.756. The summed E-state index contributed by atoms with van der Waals surface area (Å²) in [5, 5.41) is 0. The molecular formula is C13H15ClF2O. The van der Waals surface area contributed by atoms with E-state index in [0.29, 0.717) is 25.5 Å². The molecule has 0 saturated carbocycles. The summed E-state index contributed by atoms with van der Waals surface area (Å²) in [6.07, 6.45) is 1.85. The minimum Gasteiger partial charge on any atom is -0.381 e. The molecule has 1 aliphatic heterocycles. The van der Waals surface area contributed by atoms with Crippen LogP contribution in [0.5, 0.6) is 0 Å². The van der Waals surface area contributed by atoms with Crippen LogP contribution in [-0.2, 0) is 11.2 Å². The predicted octanol–water partition coefficient (Wildman–Crippen LogP) is 3.54. The van der Waals surface area contributed by atoms with Gasteiger partial charge in [0.2, 0.25) is 0 Å². The lowest BCUT2D eigenvalue weighted by Crippen LogP contribution is -2.34. The summed E-state index contributed by atoms with van der Waals surface area (Å²) in [5.74, 6) is -0.564. The van der Waals surface area contributed by atoms with E-state index in [-0.39, 0.29) is 11.0 Å². The van der Waals surface area contributed by atoms with E-state index < -0.39 is 11.6 Å². The second-order valence-corrected chi connectivity index (χ2v) is 4.89. The lowest BCUT2D eigenvalue weighted by molar-refractivity contribution is 0.0250. The first kappa shape index (κ1) is 12.8. The Morgan fingerprint density at radius 2 is 1.76 bits per heavy atom. The summed E-state index contributed by atoms with van der Waals surface area (Å²) in [6.45, 7) is 1.23. The number of benzene rings is 1. The van der Waals surface area contributed by atoms with Gasteiger partial charge in [0.05, 0.1) is 0 Å². The Kier molecular flexibility index (Phi) is 4.00. The molecule has 0 aliphatic carbocycles. The molecule has 1 aliphatic rings. The van der Waals surface area contributed by atoms with Crippen molar-refractivity contribution in [3.63, 3.8) is 0 Å². The van der Waals surface area contributed by atoms with Gasteiger partial charge in [-0.3, -0.25) is 0 Å². The molecule has 0 bridgehead atoms. The largest absolute Gasteiger partial charge is 0.381 e. The predicted molar refractivity (Wildman–Crippen MR) is 63.3 cm³/mol. The maximum absolute atomic E-state index is 13.6. The van der Waals surface area contributed by atoms with Crippen molar-refractivity contribution in [2.45, 2.75) is 19.3 Å². The first-order valence-corrected chi connectivity index (χ1v) is 6.27. The molecule has 4 heteroatoms. The number of ether oxygens (including phenoxy) is 1. The highest BCUT2D eigenvalue weighted by Crippen LogP contribution is 2.36. The number of hydrogen-bond donors (Lipinski definition) is 0. The lowest BCUT2D eigenvalue weighted by atomic mass is 9.77. The fourth-order valence-electron chi connectivity index (χ4n) is 2.24. The van der Waals surface area contributed by atoms with Gasteiger partial charge in [-0.1, -0.05) is 6.07 Å². The number of rotatable bonds is 3. The van der Waals surface area contributed by atoms with Crippen molar-refractivity contribution in [3.8, 4) is 0 Å². The van der Waals surface area contributed by atoms with Gasteiger partial charge in [-0.2, -0.15) is 0 Å². The Morgan fingerprint density at radius 3 is 2.29 bits per heavy atom. The van der Waals surface area contributed by atoms with Crippen molar-refractivity contribution >= 4 is 11.6 Å². The van der Waals surface area contributed by atoms with Crippen LogP contribution in [0.3, 0.4) is 0 Å². The lowest BCUT2D eigenvalue weighted by Gasteiger charge is -2.35. The molecule has 17 heavy (non-hydrogen) atoms. The minimum absolute atomic E-state index is 0.148. The van der Waals surface area contributed by atoms with Gasteiger partial charge in [-0.05, 0) is 36.8 Å². The fraction of sp³-hybridized carbons (Fsp3) is 0.538. The van der Waals surface area contributed by atoms with E-state index in [0.717, 1.165) is 12.8 Å². The van der Waals surface area contributed by atoms with E-state index in [1.807, 2.05) is 0 Å². The van der Waals surface area contributed by atoms with Gasteiger partial charge in [0.1, 0.15) is 11.6 Å². The summed E-state index contributed by atoms with van der Waals surface area (Å²) in [7, 11) is 0. The molecule has 0 unspecified atom stereocenters. The first-order chi connectivity index (χ1) is 8.17. The monoisotopic (exact) mass is 260 g/mol. The molecule has 0 amide bonds. The van der Waals surface area contributed by atoms with E-state index >= 15 is 0 Å². The topological polar surface area (TPSA) is 9.23 Å². The van der Waals surface area contributed by atoms with Crippen LogP contribution in [0.15, 0.2) is 18.2 Å². The number of alkyl halides is 1. The molecule has 0 aromatic heterocycles. The second kappa shape index (κ2) is 5.32. The van der Waals surface area contributed by atoms with Gasteiger partial charge in [0.15, 0.2) is 0 Å². The first-order valence-electron chi connectivity index (χ1n) is 5.73. The van der Waals surface area contributed by atoms with Crippen molar-refractivity contribution in [1.29, 1.82) is 0 Å². The van der Waals surface area contributed by atoms with Crippen LogP contribution in [0.1, 0.15) is 18.4 Å². The molecule has 2 rings (SSSR count). The van der Waals surface area contributed by atoms with E-state index in [9.17, 15) is 8.78 Å². The van der Waals surface area contributed by atoms with Crippen LogP contribution in [0.4, 0.5) is 8.78 Å². The average Bonchev–Trinajstić information content (AvgIpc) is 2.35. The molecule has 0 atom stereocenters. The van der Waals surface area contributed by atoms with Gasteiger partial charge in [0, 0.05) is 24.7 Å². The zero-order valence-electron chi connectivity index (χ0n) is 9.52. The van der Waals surface area contributed by atoms with E-state index in [1.165, 1.54) is 18.2 Å². The molecule has 1 heterocycles. The van der Waals surface area contributed by atoms with Gasteiger partial charge in [-0.15, -0.1) is 11.6 Å². The third-order valence-electron chi connectivity index (χ3n) is 3.45. The summed E-state index contributed by atoms with van der Waals surface area (Å²) < 4.78 is 32.5. The highest BCUT2D eigenvalue weighted by molar-refractivity contribution is 6.18. The standard InChI is InChI=1S/C13H15ClF2O/c14-9-13(4-6-17-7-5-13)8-10-11(15)2-1-3-12(10)16/h1-3H,4-9H2. The molecule has 0 spiro atoms. The summed E-state index contributed by atoms with van der Waals surface area (Å²) in [6, 6.07) is 3.96. The highest BCUT2D eigenvalue weighted by Gasteiger charge is 2.33. The summed E-state index contributed by atoms with van der Waals surface area (Å²) in [4.78, 5) is 0. The molecule has 0 N–H and O–H groups in total. The zero-order valence-corrected chi connectivity index (χ0v) is 10.3. The van der Waals surface area contributed by atoms with Gasteiger partial charge < -0.3 is 4.74 Å². The smallest absolute Gasteiger partial charge is 0.129 e. The van der Waals surface area contributed by atoms with E-state index in [4.69, 9.17) is 16.3 Å². The van der Waals surface area contributed by atoms with Crippen LogP contribution in [0, 0.1) is 17.0 Å². The molecule has 94 valence electrons. The van der Waals surface area contributed by atoms with E-state index in [1.54, 1.807) is 0 Å². The van der Waals surface area contributed by atoms with Crippen molar-refractivity contribution in [1.82, 2.24) is 0 Å². The van der Waals surface area contributed by atoms with Crippen LogP contribution in [-0.4, -0.2) is 19.1 Å². The SMILES string of the molecule is Fc1cccc(F)c1CC1(CCl)CCOCC1. The maximum Gasteiger partial charge on any atom is 0.129 e. The van der Waals surface area contributed by atoms with Crippen molar-refractivity contribution < 1.29 is 13.5 Å². The van der Waals surface area contributed by atoms with Crippen LogP contribution in [0.2, 0.25) is 0 Å². The Bertz CT molecular complexity index is 369. The molecular weight excluding hydrogens is 246 g/mol. The van der Waals surface area contributed by atoms with Crippen LogP contribution in [0.25, 0.3) is 0 Å². The van der Waals surface area contributed by atoms with Crippen LogP contribution >= 0.6 is 11.6 Å². The van der Waals surface area contributed by atoms with Crippen LogP contribution < -0.4 is 0 Å². The Balaban J connectivity index is 2.23. The van der Waals surface area contributed by atoms with Gasteiger partial charge in [0.25, 0.3) is 0 Å². The molecule has 1 nitrogen and oxygen atoms in total. The second-order valence-electron chi connectivity index (χ2n) is 4.62. The Labute approximate surface area is 105 Å². The molecule has 1 saturated heterocycles. The molecule has 1 aromatic carbocycles. The Hall–Kier alpha value is -0.670. The van der Waals surface area contributed by atoms with Gasteiger partial charge >= 0.3 is 0 Å². The third-order valence-corrected chi connectivity index (χ3v) is 4.02. The van der Waals surface area contributed by atoms with Gasteiger partial charge in [-0.25, -0.2) is 8.78 Å². The van der Waals surface area contributed by atoms with Crippen molar-refractivity contribution in [2.75, 3.05) is 19.1 Å². The minimum atomic E-state index is -0.485. The third kappa shape index (κ3) is 2.78. The Morgan fingerprint density at radius 1 is 1.18 bits per heavy atom. The number of halogens is 3. The molecule has 0 radical (unpaired) electrons. The summed E-state index contributed by atoms with van der Waals surface area (Å²) in [5.41, 5.74) is -0.0851. The summed E-state index contributed by atoms with van der Waals surface area (Å²) >= 11 is 5.99. The van der Waals surface area contributed by atoms with Crippen molar-refractivity contribution in [3.05, 3.63) is 35.4 Å². The number of hydrogen-bond acceptors (Lipinski definition) is 1. The van der Waals surface area contributed by atoms with E-state index in [2.05, 4.69) is 0 Å². The zero-order chi connectivity index (χ0) is 12.3. The molecule has 1 aromatic rings. The fourth-order valence-corrected chi connectivity index (χ4v) is 2.60. The molecule has 1 fully saturated rings. The normalized spacial score (nSPS) is 19.2. The average molecular weight is 261 g/mol. The maximum atomic E-state index is 13.6. The highest BCUT2D eigenvalue weighted by atomic mass is 35.5.